The van der Waals surface area contributed by atoms with Crippen LogP contribution in [0.1, 0.15) is 12.7 Å². The summed E-state index contributed by atoms with van der Waals surface area (Å²) < 4.78 is 10.8. The van der Waals surface area contributed by atoms with E-state index in [1.54, 1.807) is 6.07 Å². The quantitative estimate of drug-likeness (QED) is 0.594. The van der Waals surface area contributed by atoms with Crippen LogP contribution in [-0.2, 0) is 0 Å². The number of rotatable bonds is 3. The molecule has 2 rings (SSSR count). The fourth-order valence-electron chi connectivity index (χ4n) is 1.45. The summed E-state index contributed by atoms with van der Waals surface area (Å²) in [5.41, 5.74) is 6.04. The number of amidine groups is 1. The molecule has 0 saturated carbocycles. The molecule has 0 spiro atoms. The van der Waals surface area contributed by atoms with E-state index >= 15 is 0 Å². The molecule has 0 radical (unpaired) electrons. The second-order valence-corrected chi connectivity index (χ2v) is 3.13. The van der Waals surface area contributed by atoms with E-state index in [4.69, 9.17) is 20.3 Å². The van der Waals surface area contributed by atoms with E-state index < -0.39 is 0 Å². The Morgan fingerprint density at radius 2 is 2.33 bits per heavy atom. The minimum Gasteiger partial charge on any atom is -0.493 e. The summed E-state index contributed by atoms with van der Waals surface area (Å²) in [7, 11) is 0. The van der Waals surface area contributed by atoms with Gasteiger partial charge in [0.15, 0.2) is 11.6 Å². The van der Waals surface area contributed by atoms with Gasteiger partial charge in [0.05, 0.1) is 12.0 Å². The van der Waals surface area contributed by atoms with Gasteiger partial charge >= 0.3 is 0 Å². The van der Waals surface area contributed by atoms with Crippen LogP contribution in [0.3, 0.4) is 0 Å². The van der Waals surface area contributed by atoms with E-state index in [9.17, 15) is 0 Å². The van der Waals surface area contributed by atoms with Gasteiger partial charge in [-0.2, -0.15) is 0 Å². The van der Waals surface area contributed by atoms with Gasteiger partial charge in [-0.05, 0) is 25.1 Å². The van der Waals surface area contributed by atoms with Crippen molar-refractivity contribution in [1.29, 1.82) is 5.41 Å². The molecule has 4 nitrogen and oxygen atoms in total. The van der Waals surface area contributed by atoms with Crippen molar-refractivity contribution in [2.24, 2.45) is 5.73 Å². The van der Waals surface area contributed by atoms with Crippen LogP contribution < -0.4 is 10.5 Å². The van der Waals surface area contributed by atoms with E-state index in [-0.39, 0.29) is 5.84 Å². The molecule has 1 aromatic carbocycles. The van der Waals surface area contributed by atoms with E-state index in [0.717, 1.165) is 11.1 Å². The first-order valence-electron chi connectivity index (χ1n) is 4.72. The first kappa shape index (κ1) is 9.58. The summed E-state index contributed by atoms with van der Waals surface area (Å²) >= 11 is 0. The van der Waals surface area contributed by atoms with Gasteiger partial charge in [-0.25, -0.2) is 0 Å². The molecule has 0 aliphatic rings. The summed E-state index contributed by atoms with van der Waals surface area (Å²) in [6.07, 6.45) is 0. The molecule has 15 heavy (non-hydrogen) atoms. The number of ether oxygens (including phenoxy) is 1. The van der Waals surface area contributed by atoms with Crippen molar-refractivity contribution >= 4 is 16.8 Å². The number of fused-ring (bicyclic) bond motifs is 1. The van der Waals surface area contributed by atoms with Crippen molar-refractivity contribution in [3.05, 3.63) is 30.0 Å². The average molecular weight is 204 g/mol. The maximum Gasteiger partial charge on any atom is 0.169 e. The summed E-state index contributed by atoms with van der Waals surface area (Å²) in [5, 5.41) is 8.13. The van der Waals surface area contributed by atoms with Crippen LogP contribution in [0.2, 0.25) is 0 Å². The molecule has 0 aliphatic carbocycles. The Hall–Kier alpha value is -1.97. The van der Waals surface area contributed by atoms with Crippen LogP contribution in [0.25, 0.3) is 11.0 Å². The molecule has 1 aromatic heterocycles. The molecule has 3 N–H and O–H groups in total. The summed E-state index contributed by atoms with van der Waals surface area (Å²) in [5.74, 6) is 1.05. The van der Waals surface area contributed by atoms with E-state index in [0.29, 0.717) is 18.0 Å². The van der Waals surface area contributed by atoms with Crippen LogP contribution >= 0.6 is 0 Å². The third-order valence-corrected chi connectivity index (χ3v) is 2.09. The Morgan fingerprint density at radius 3 is 3.00 bits per heavy atom. The van der Waals surface area contributed by atoms with Gasteiger partial charge in [0.2, 0.25) is 0 Å². The van der Waals surface area contributed by atoms with Crippen LogP contribution in [-0.4, -0.2) is 12.4 Å². The number of hydrogen-bond donors (Lipinski definition) is 2. The number of benzene rings is 1. The lowest BCUT2D eigenvalue weighted by atomic mass is 10.2. The van der Waals surface area contributed by atoms with Gasteiger partial charge in [-0.3, -0.25) is 5.41 Å². The zero-order valence-electron chi connectivity index (χ0n) is 8.41. The predicted octanol–water partition coefficient (Wildman–Crippen LogP) is 2.12. The largest absolute Gasteiger partial charge is 0.493 e. The molecule has 0 unspecified atom stereocenters. The van der Waals surface area contributed by atoms with Crippen LogP contribution in [0.15, 0.2) is 28.7 Å². The number of furan rings is 1. The first-order chi connectivity index (χ1) is 7.22. The fourth-order valence-corrected chi connectivity index (χ4v) is 1.45. The number of hydrogen-bond acceptors (Lipinski definition) is 3. The lowest BCUT2D eigenvalue weighted by molar-refractivity contribution is 0.344. The maximum atomic E-state index is 7.28. The fraction of sp³-hybridized carbons (Fsp3) is 0.182. The highest BCUT2D eigenvalue weighted by Crippen LogP contribution is 2.28. The molecule has 0 aliphatic heterocycles. The van der Waals surface area contributed by atoms with Crippen molar-refractivity contribution in [1.82, 2.24) is 0 Å². The molecular formula is C11H12N2O2. The maximum absolute atomic E-state index is 7.28. The third-order valence-electron chi connectivity index (χ3n) is 2.09. The lowest BCUT2D eigenvalue weighted by Crippen LogP contribution is -2.09. The van der Waals surface area contributed by atoms with Gasteiger partial charge in [-0.1, -0.05) is 6.07 Å². The normalized spacial score (nSPS) is 10.5. The molecule has 0 fully saturated rings. The standard InChI is InChI=1S/C11H12N2O2/c1-2-14-8-4-3-5-9-7(8)6-10(15-9)11(12)13/h3-6H,2H2,1H3,(H3,12,13). The molecule has 2 aromatic rings. The van der Waals surface area contributed by atoms with Crippen LogP contribution in [0.4, 0.5) is 0 Å². The van der Waals surface area contributed by atoms with E-state index in [1.165, 1.54) is 0 Å². The average Bonchev–Trinajstić information content (AvgIpc) is 2.63. The first-order valence-corrected chi connectivity index (χ1v) is 4.72. The molecule has 0 saturated heterocycles. The molecule has 4 heteroatoms. The Kier molecular flexibility index (Phi) is 2.33. The molecule has 0 amide bonds. The topological polar surface area (TPSA) is 72.2 Å². The number of nitrogens with one attached hydrogen (secondary N) is 1. The Morgan fingerprint density at radius 1 is 1.53 bits per heavy atom. The molecule has 78 valence electrons. The molecular weight excluding hydrogens is 192 g/mol. The highest BCUT2D eigenvalue weighted by atomic mass is 16.5. The minimum absolute atomic E-state index is 0.0753. The number of nitrogens with two attached hydrogens (primary N) is 1. The zero-order chi connectivity index (χ0) is 10.8. The lowest BCUT2D eigenvalue weighted by Gasteiger charge is -2.02. The Labute approximate surface area is 87.1 Å². The van der Waals surface area contributed by atoms with E-state index in [1.807, 2.05) is 25.1 Å². The molecule has 0 bridgehead atoms. The van der Waals surface area contributed by atoms with Crippen molar-refractivity contribution in [2.45, 2.75) is 6.92 Å². The van der Waals surface area contributed by atoms with Crippen molar-refractivity contribution in [3.63, 3.8) is 0 Å². The highest BCUT2D eigenvalue weighted by molar-refractivity contribution is 5.98. The predicted molar refractivity (Wildman–Crippen MR) is 58.4 cm³/mol. The Balaban J connectivity index is 2.59. The molecule has 0 atom stereocenters. The van der Waals surface area contributed by atoms with Gasteiger partial charge in [0.1, 0.15) is 11.3 Å². The van der Waals surface area contributed by atoms with Gasteiger partial charge in [0, 0.05) is 0 Å². The third kappa shape index (κ3) is 1.66. The smallest absolute Gasteiger partial charge is 0.169 e. The Bertz CT molecular complexity index is 502. The van der Waals surface area contributed by atoms with Gasteiger partial charge in [-0.15, -0.1) is 0 Å². The summed E-state index contributed by atoms with van der Waals surface area (Å²) in [6, 6.07) is 7.26. The second-order valence-electron chi connectivity index (χ2n) is 3.13. The van der Waals surface area contributed by atoms with Gasteiger partial charge in [0.25, 0.3) is 0 Å². The second kappa shape index (κ2) is 3.65. The van der Waals surface area contributed by atoms with Crippen LogP contribution in [0, 0.1) is 5.41 Å². The molecule has 1 heterocycles. The minimum atomic E-state index is -0.0753. The van der Waals surface area contributed by atoms with Crippen molar-refractivity contribution in [3.8, 4) is 5.75 Å². The monoisotopic (exact) mass is 204 g/mol. The van der Waals surface area contributed by atoms with E-state index in [2.05, 4.69) is 0 Å². The van der Waals surface area contributed by atoms with Crippen molar-refractivity contribution < 1.29 is 9.15 Å². The van der Waals surface area contributed by atoms with Crippen molar-refractivity contribution in [2.75, 3.05) is 6.61 Å². The highest BCUT2D eigenvalue weighted by Gasteiger charge is 2.09. The summed E-state index contributed by atoms with van der Waals surface area (Å²) in [6.45, 7) is 2.52. The SMILES string of the molecule is CCOc1cccc2oc(C(=N)N)cc12. The van der Waals surface area contributed by atoms with Gasteiger partial charge < -0.3 is 14.9 Å². The van der Waals surface area contributed by atoms with Crippen LogP contribution in [0.5, 0.6) is 5.75 Å². The zero-order valence-corrected chi connectivity index (χ0v) is 8.41. The summed E-state index contributed by atoms with van der Waals surface area (Å²) in [4.78, 5) is 0. The number of nitrogen functional groups attached to an aromatic ring is 1.